The summed E-state index contributed by atoms with van der Waals surface area (Å²) < 4.78 is 11.3. The summed E-state index contributed by atoms with van der Waals surface area (Å²) in [5.74, 6) is 0. The van der Waals surface area contributed by atoms with E-state index in [4.69, 9.17) is 0 Å². The van der Waals surface area contributed by atoms with Gasteiger partial charge < -0.3 is 9.47 Å². The van der Waals surface area contributed by atoms with Gasteiger partial charge in [-0.25, -0.2) is 28.7 Å². The molecular weight excluding hydrogens is 240 g/mol. The first kappa shape index (κ1) is 13.4. The van der Waals surface area contributed by atoms with E-state index in [2.05, 4.69) is 19.4 Å². The van der Waals surface area contributed by atoms with Crippen molar-refractivity contribution in [2.24, 2.45) is 0 Å². The molecule has 8 nitrogen and oxygen atoms in total. The van der Waals surface area contributed by atoms with Crippen LogP contribution in [-0.4, -0.2) is 45.5 Å². The van der Waals surface area contributed by atoms with Gasteiger partial charge in [-0.2, -0.15) is 0 Å². The van der Waals surface area contributed by atoms with Crippen molar-refractivity contribution in [3.8, 4) is 0 Å². The fourth-order valence-corrected chi connectivity index (χ4v) is 0.945. The summed E-state index contributed by atoms with van der Waals surface area (Å²) in [5.41, 5.74) is 0. The summed E-state index contributed by atoms with van der Waals surface area (Å²) in [4.78, 5) is 28.5. The molecule has 0 spiro atoms. The zero-order valence-corrected chi connectivity index (χ0v) is 9.89. The lowest BCUT2D eigenvalue weighted by Gasteiger charge is -1.94. The quantitative estimate of drug-likeness (QED) is 0.694. The molecule has 0 fully saturated rings. The Morgan fingerprint density at radius 2 is 1.28 bits per heavy atom. The third-order valence-electron chi connectivity index (χ3n) is 1.78. The number of aromatic nitrogens is 4. The van der Waals surface area contributed by atoms with Crippen LogP contribution in [0.25, 0.3) is 0 Å². The smallest absolute Gasteiger partial charge is 0.418 e. The minimum absolute atomic E-state index is 0.424. The summed E-state index contributed by atoms with van der Waals surface area (Å²) in [6.07, 6.45) is 7.98. The number of carbonyl (C=O) groups is 2. The first-order valence-corrected chi connectivity index (χ1v) is 4.81. The van der Waals surface area contributed by atoms with Crippen LogP contribution in [0.15, 0.2) is 37.4 Å². The Balaban J connectivity index is 0.000000180. The third kappa shape index (κ3) is 3.74. The highest BCUT2D eigenvalue weighted by Crippen LogP contribution is 1.86. The normalized spacial score (nSPS) is 9.00. The van der Waals surface area contributed by atoms with Crippen LogP contribution in [0.4, 0.5) is 9.59 Å². The van der Waals surface area contributed by atoms with Gasteiger partial charge in [0.15, 0.2) is 0 Å². The van der Waals surface area contributed by atoms with Crippen LogP contribution >= 0.6 is 0 Å². The second kappa shape index (κ2) is 6.84. The first-order valence-electron chi connectivity index (χ1n) is 4.81. The van der Waals surface area contributed by atoms with Gasteiger partial charge >= 0.3 is 12.2 Å². The molecule has 96 valence electrons. The maximum absolute atomic E-state index is 10.6. The molecule has 8 heteroatoms. The minimum atomic E-state index is -0.424. The molecule has 0 amide bonds. The zero-order valence-electron chi connectivity index (χ0n) is 9.89. The Labute approximate surface area is 103 Å². The predicted molar refractivity (Wildman–Crippen MR) is 60.1 cm³/mol. The number of rotatable bonds is 0. The van der Waals surface area contributed by atoms with Crippen molar-refractivity contribution in [1.82, 2.24) is 19.1 Å². The Morgan fingerprint density at radius 3 is 1.50 bits per heavy atom. The highest BCUT2D eigenvalue weighted by atomic mass is 16.5. The second-order valence-corrected chi connectivity index (χ2v) is 2.88. The van der Waals surface area contributed by atoms with E-state index in [0.29, 0.717) is 0 Å². The van der Waals surface area contributed by atoms with Gasteiger partial charge in [0.2, 0.25) is 0 Å². The minimum Gasteiger partial charge on any atom is -0.452 e. The van der Waals surface area contributed by atoms with E-state index in [-0.39, 0.29) is 0 Å². The number of methoxy groups -OCH3 is 2. The van der Waals surface area contributed by atoms with Gasteiger partial charge in [0, 0.05) is 24.8 Å². The van der Waals surface area contributed by atoms with Crippen molar-refractivity contribution in [3.63, 3.8) is 0 Å². The van der Waals surface area contributed by atoms with Crippen LogP contribution in [0.2, 0.25) is 0 Å². The van der Waals surface area contributed by atoms with E-state index >= 15 is 0 Å². The Hall–Kier alpha value is -2.64. The molecule has 0 radical (unpaired) electrons. The largest absolute Gasteiger partial charge is 0.452 e. The van der Waals surface area contributed by atoms with Crippen molar-refractivity contribution < 1.29 is 19.1 Å². The monoisotopic (exact) mass is 252 g/mol. The van der Waals surface area contributed by atoms with Crippen molar-refractivity contribution in [2.45, 2.75) is 0 Å². The van der Waals surface area contributed by atoms with Crippen LogP contribution in [0.5, 0.6) is 0 Å². The van der Waals surface area contributed by atoms with E-state index in [1.54, 1.807) is 0 Å². The van der Waals surface area contributed by atoms with E-state index in [0.717, 1.165) is 0 Å². The molecule has 2 rings (SSSR count). The molecule has 0 aliphatic rings. The van der Waals surface area contributed by atoms with E-state index in [1.165, 1.54) is 60.8 Å². The van der Waals surface area contributed by atoms with Gasteiger partial charge in [-0.1, -0.05) is 0 Å². The third-order valence-corrected chi connectivity index (χ3v) is 1.78. The average Bonchev–Trinajstić information content (AvgIpc) is 3.09. The van der Waals surface area contributed by atoms with Crippen LogP contribution in [-0.2, 0) is 9.47 Å². The summed E-state index contributed by atoms with van der Waals surface area (Å²) in [7, 11) is 2.64. The SMILES string of the molecule is COC(=O)n1ccnc1.COC(=O)n1ccnc1. The van der Waals surface area contributed by atoms with E-state index in [9.17, 15) is 9.59 Å². The molecule has 2 heterocycles. The van der Waals surface area contributed by atoms with Crippen LogP contribution in [0.1, 0.15) is 0 Å². The standard InChI is InChI=1S/2C5H6N2O2/c2*1-9-5(8)7-3-2-6-4-7/h2*2-4H,1H3. The van der Waals surface area contributed by atoms with Crippen LogP contribution in [0, 0.1) is 0 Å². The first-order chi connectivity index (χ1) is 8.69. The molecule has 0 aliphatic carbocycles. The van der Waals surface area contributed by atoms with Crippen LogP contribution < -0.4 is 0 Å². The van der Waals surface area contributed by atoms with Gasteiger partial charge in [-0.05, 0) is 0 Å². The number of hydrogen-bond donors (Lipinski definition) is 0. The van der Waals surface area contributed by atoms with Crippen molar-refractivity contribution in [3.05, 3.63) is 37.4 Å². The summed E-state index contributed by atoms with van der Waals surface area (Å²) in [6, 6.07) is 0. The maximum Gasteiger partial charge on any atom is 0.418 e. The molecule has 0 saturated carbocycles. The Morgan fingerprint density at radius 1 is 0.889 bits per heavy atom. The number of hydrogen-bond acceptors (Lipinski definition) is 6. The van der Waals surface area contributed by atoms with E-state index in [1.807, 2.05) is 0 Å². The number of carbonyl (C=O) groups excluding carboxylic acids is 2. The molecule has 2 aromatic heterocycles. The Kier molecular flexibility index (Phi) is 5.10. The highest BCUT2D eigenvalue weighted by molar-refractivity contribution is 5.70. The van der Waals surface area contributed by atoms with Gasteiger partial charge in [0.1, 0.15) is 12.7 Å². The zero-order chi connectivity index (χ0) is 13.4. The van der Waals surface area contributed by atoms with E-state index < -0.39 is 12.2 Å². The Bertz CT molecular complexity index is 432. The molecule has 0 saturated heterocycles. The van der Waals surface area contributed by atoms with Crippen LogP contribution in [0.3, 0.4) is 0 Å². The molecule has 0 aromatic carbocycles. The van der Waals surface area contributed by atoms with Crippen molar-refractivity contribution in [2.75, 3.05) is 14.2 Å². The second-order valence-electron chi connectivity index (χ2n) is 2.88. The molecule has 2 aromatic rings. The van der Waals surface area contributed by atoms with Gasteiger partial charge in [-0.3, -0.25) is 0 Å². The number of imidazole rings is 2. The fourth-order valence-electron chi connectivity index (χ4n) is 0.945. The maximum atomic E-state index is 10.6. The lowest BCUT2D eigenvalue weighted by atomic mass is 10.9. The summed E-state index contributed by atoms with van der Waals surface area (Å²) >= 11 is 0. The van der Waals surface area contributed by atoms with Gasteiger partial charge in [-0.15, -0.1) is 0 Å². The lowest BCUT2D eigenvalue weighted by Crippen LogP contribution is -2.07. The highest BCUT2D eigenvalue weighted by Gasteiger charge is 1.99. The van der Waals surface area contributed by atoms with Gasteiger partial charge in [0.05, 0.1) is 14.2 Å². The number of ether oxygens (including phenoxy) is 2. The topological polar surface area (TPSA) is 88.2 Å². The van der Waals surface area contributed by atoms with Crippen molar-refractivity contribution in [1.29, 1.82) is 0 Å². The predicted octanol–water partition coefficient (Wildman–Crippen LogP) is 0.995. The van der Waals surface area contributed by atoms with Crippen molar-refractivity contribution >= 4 is 12.2 Å². The van der Waals surface area contributed by atoms with Gasteiger partial charge in [0.25, 0.3) is 0 Å². The number of nitrogens with zero attached hydrogens (tertiary/aromatic N) is 4. The molecule has 0 unspecified atom stereocenters. The average molecular weight is 252 g/mol. The lowest BCUT2D eigenvalue weighted by molar-refractivity contribution is 0.172. The fraction of sp³-hybridized carbons (Fsp3) is 0.200. The summed E-state index contributed by atoms with van der Waals surface area (Å²) in [5, 5.41) is 0. The molecule has 0 atom stereocenters. The summed E-state index contributed by atoms with van der Waals surface area (Å²) in [6.45, 7) is 0. The molecule has 0 aliphatic heterocycles. The molecule has 0 bridgehead atoms. The molecule has 18 heavy (non-hydrogen) atoms. The molecular formula is C10H12N4O4. The molecule has 0 N–H and O–H groups in total.